The number of hydrogen-bond donors (Lipinski definition) is 0. The molecule has 0 aliphatic carbocycles. The average molecular weight is 314 g/mol. The first-order chi connectivity index (χ1) is 11.3. The van der Waals surface area contributed by atoms with Gasteiger partial charge in [0.05, 0.1) is 12.1 Å². The summed E-state index contributed by atoms with van der Waals surface area (Å²) in [6.07, 6.45) is 3.68. The third-order valence-electron chi connectivity index (χ3n) is 4.26. The second-order valence-corrected chi connectivity index (χ2v) is 5.87. The Labute approximate surface area is 134 Å². The van der Waals surface area contributed by atoms with Crippen molar-refractivity contribution in [2.45, 2.75) is 25.7 Å². The van der Waals surface area contributed by atoms with Gasteiger partial charge < -0.3 is 18.9 Å². The van der Waals surface area contributed by atoms with Gasteiger partial charge in [0.1, 0.15) is 0 Å². The summed E-state index contributed by atoms with van der Waals surface area (Å²) in [6, 6.07) is 7.42. The summed E-state index contributed by atoms with van der Waals surface area (Å²) < 4.78 is 16.0. The van der Waals surface area contributed by atoms with Gasteiger partial charge in [-0.3, -0.25) is 4.79 Å². The van der Waals surface area contributed by atoms with E-state index in [0.29, 0.717) is 17.2 Å². The van der Waals surface area contributed by atoms with E-state index in [1.54, 1.807) is 0 Å². The molecule has 120 valence electrons. The van der Waals surface area contributed by atoms with Gasteiger partial charge in [0.25, 0.3) is 0 Å². The predicted octanol–water partition coefficient (Wildman–Crippen LogP) is 2.63. The number of fused-ring (bicyclic) bond motifs is 1. The number of carbonyl (C=O) groups excluding carboxylic acids is 1. The van der Waals surface area contributed by atoms with Crippen molar-refractivity contribution >= 4 is 5.91 Å². The maximum atomic E-state index is 12.3. The average Bonchev–Trinajstić information content (AvgIpc) is 3.23. The number of ether oxygens (including phenoxy) is 2. The van der Waals surface area contributed by atoms with E-state index in [9.17, 15) is 4.79 Å². The molecule has 0 bridgehead atoms. The number of benzene rings is 1. The molecule has 2 aromatic rings. The lowest BCUT2D eigenvalue weighted by molar-refractivity contribution is -0.131. The Morgan fingerprint density at radius 1 is 1.09 bits per heavy atom. The lowest BCUT2D eigenvalue weighted by atomic mass is 10.1. The molecular weight excluding hydrogens is 296 g/mol. The molecule has 0 saturated carbocycles. The molecule has 1 fully saturated rings. The zero-order chi connectivity index (χ0) is 15.6. The zero-order valence-electron chi connectivity index (χ0n) is 12.8. The van der Waals surface area contributed by atoms with Crippen molar-refractivity contribution < 1.29 is 18.8 Å². The summed E-state index contributed by atoms with van der Waals surface area (Å²) in [5.41, 5.74) is 1.52. The van der Waals surface area contributed by atoms with Crippen LogP contribution in [0.5, 0.6) is 11.5 Å². The van der Waals surface area contributed by atoms with Crippen LogP contribution in [0, 0.1) is 0 Å². The molecule has 0 unspecified atom stereocenters. The quantitative estimate of drug-likeness (QED) is 0.871. The minimum Gasteiger partial charge on any atom is -0.454 e. The van der Waals surface area contributed by atoms with E-state index in [-0.39, 0.29) is 19.1 Å². The molecule has 0 N–H and O–H groups in total. The molecule has 2 aliphatic heterocycles. The van der Waals surface area contributed by atoms with Crippen molar-refractivity contribution in [3.05, 3.63) is 30.0 Å². The van der Waals surface area contributed by atoms with Crippen LogP contribution in [0.1, 0.15) is 25.0 Å². The minimum atomic E-state index is 0.121. The van der Waals surface area contributed by atoms with Crippen molar-refractivity contribution in [1.29, 1.82) is 0 Å². The van der Waals surface area contributed by atoms with Gasteiger partial charge in [-0.2, -0.15) is 0 Å². The van der Waals surface area contributed by atoms with Crippen LogP contribution in [0.25, 0.3) is 11.3 Å². The summed E-state index contributed by atoms with van der Waals surface area (Å²) in [7, 11) is 0. The minimum absolute atomic E-state index is 0.121. The van der Waals surface area contributed by atoms with Gasteiger partial charge in [-0.1, -0.05) is 5.16 Å². The van der Waals surface area contributed by atoms with Gasteiger partial charge in [-0.15, -0.1) is 0 Å². The second kappa shape index (κ2) is 5.95. The molecule has 0 radical (unpaired) electrons. The Hall–Kier alpha value is -2.50. The largest absolute Gasteiger partial charge is 0.454 e. The van der Waals surface area contributed by atoms with Crippen molar-refractivity contribution in [3.63, 3.8) is 0 Å². The van der Waals surface area contributed by atoms with Gasteiger partial charge in [0, 0.05) is 24.7 Å². The number of aromatic nitrogens is 1. The van der Waals surface area contributed by atoms with Crippen LogP contribution in [0.2, 0.25) is 0 Å². The fourth-order valence-electron chi connectivity index (χ4n) is 2.99. The Morgan fingerprint density at radius 2 is 1.91 bits per heavy atom. The first kappa shape index (κ1) is 14.1. The number of piperidine rings is 1. The van der Waals surface area contributed by atoms with E-state index in [1.807, 2.05) is 29.2 Å². The van der Waals surface area contributed by atoms with Crippen molar-refractivity contribution in [1.82, 2.24) is 10.1 Å². The normalized spacial score (nSPS) is 16.6. The number of rotatable bonds is 3. The van der Waals surface area contributed by atoms with E-state index in [4.69, 9.17) is 14.0 Å². The summed E-state index contributed by atoms with van der Waals surface area (Å²) in [5, 5.41) is 4.03. The monoisotopic (exact) mass is 314 g/mol. The standard InChI is InChI=1S/C17H18N2O4/c20-17(19-6-2-1-3-7-19)10-13-9-15(23-18-13)12-4-5-14-16(8-12)22-11-21-14/h4-5,8-9H,1-3,6-7,10-11H2. The van der Waals surface area contributed by atoms with Crippen LogP contribution in [0.3, 0.4) is 0 Å². The number of hydrogen-bond acceptors (Lipinski definition) is 5. The molecule has 0 atom stereocenters. The van der Waals surface area contributed by atoms with E-state index in [2.05, 4.69) is 5.16 Å². The van der Waals surface area contributed by atoms with Crippen LogP contribution in [0.4, 0.5) is 0 Å². The van der Waals surface area contributed by atoms with Crippen LogP contribution in [-0.2, 0) is 11.2 Å². The van der Waals surface area contributed by atoms with Gasteiger partial charge in [-0.25, -0.2) is 0 Å². The Bertz CT molecular complexity index is 719. The topological polar surface area (TPSA) is 64.8 Å². The Balaban J connectivity index is 1.47. The molecule has 6 nitrogen and oxygen atoms in total. The lowest BCUT2D eigenvalue weighted by Crippen LogP contribution is -2.36. The van der Waals surface area contributed by atoms with Crippen LogP contribution < -0.4 is 9.47 Å². The SMILES string of the molecule is O=C(Cc1cc(-c2ccc3c(c2)OCO3)on1)N1CCCCC1. The molecule has 0 spiro atoms. The highest BCUT2D eigenvalue weighted by Gasteiger charge is 2.20. The number of nitrogens with zero attached hydrogens (tertiary/aromatic N) is 2. The molecule has 1 aromatic carbocycles. The molecule has 4 rings (SSSR count). The van der Waals surface area contributed by atoms with Gasteiger partial charge in [-0.05, 0) is 37.5 Å². The number of likely N-dealkylation sites (tertiary alicyclic amines) is 1. The first-order valence-corrected chi connectivity index (χ1v) is 7.93. The molecule has 6 heteroatoms. The molecular formula is C17H18N2O4. The summed E-state index contributed by atoms with van der Waals surface area (Å²) in [5.74, 6) is 2.18. The highest BCUT2D eigenvalue weighted by atomic mass is 16.7. The Kier molecular flexibility index (Phi) is 3.65. The third-order valence-corrected chi connectivity index (χ3v) is 4.26. The van der Waals surface area contributed by atoms with Gasteiger partial charge in [0.15, 0.2) is 17.3 Å². The predicted molar refractivity (Wildman–Crippen MR) is 82.2 cm³/mol. The highest BCUT2D eigenvalue weighted by molar-refractivity contribution is 5.78. The van der Waals surface area contributed by atoms with E-state index in [0.717, 1.165) is 37.2 Å². The second-order valence-electron chi connectivity index (χ2n) is 5.87. The van der Waals surface area contributed by atoms with Crippen molar-refractivity contribution in [2.24, 2.45) is 0 Å². The first-order valence-electron chi connectivity index (χ1n) is 7.93. The fraction of sp³-hybridized carbons (Fsp3) is 0.412. The third kappa shape index (κ3) is 2.88. The maximum Gasteiger partial charge on any atom is 0.231 e. The number of amides is 1. The van der Waals surface area contributed by atoms with Crippen molar-refractivity contribution in [3.8, 4) is 22.8 Å². The zero-order valence-corrected chi connectivity index (χ0v) is 12.8. The van der Waals surface area contributed by atoms with E-state index in [1.165, 1.54) is 6.42 Å². The summed E-state index contributed by atoms with van der Waals surface area (Å²) in [6.45, 7) is 1.95. The van der Waals surface area contributed by atoms with E-state index < -0.39 is 0 Å². The smallest absolute Gasteiger partial charge is 0.231 e. The van der Waals surface area contributed by atoms with Crippen LogP contribution >= 0.6 is 0 Å². The van der Waals surface area contributed by atoms with Crippen molar-refractivity contribution in [2.75, 3.05) is 19.9 Å². The Morgan fingerprint density at radius 3 is 2.78 bits per heavy atom. The summed E-state index contributed by atoms with van der Waals surface area (Å²) >= 11 is 0. The molecule has 1 amide bonds. The summed E-state index contributed by atoms with van der Waals surface area (Å²) in [4.78, 5) is 14.2. The molecule has 1 aromatic heterocycles. The molecule has 23 heavy (non-hydrogen) atoms. The molecule has 3 heterocycles. The van der Waals surface area contributed by atoms with Crippen LogP contribution in [0.15, 0.2) is 28.8 Å². The molecule has 2 aliphatic rings. The lowest BCUT2D eigenvalue weighted by Gasteiger charge is -2.26. The van der Waals surface area contributed by atoms with E-state index >= 15 is 0 Å². The van der Waals surface area contributed by atoms with Gasteiger partial charge >= 0.3 is 0 Å². The molecule has 1 saturated heterocycles. The fourth-order valence-corrected chi connectivity index (χ4v) is 2.99. The number of carbonyl (C=O) groups is 1. The van der Waals surface area contributed by atoms with Gasteiger partial charge in [0.2, 0.25) is 12.7 Å². The maximum absolute atomic E-state index is 12.3. The highest BCUT2D eigenvalue weighted by Crippen LogP contribution is 2.36. The van der Waals surface area contributed by atoms with Crippen LogP contribution in [-0.4, -0.2) is 35.8 Å².